The first kappa shape index (κ1) is 19.5. The first-order valence-corrected chi connectivity index (χ1v) is 9.55. The number of anilines is 1. The highest BCUT2D eigenvalue weighted by atomic mass is 16.5. The van der Waals surface area contributed by atoms with E-state index in [1.54, 1.807) is 7.11 Å². The molecule has 0 bridgehead atoms. The van der Waals surface area contributed by atoms with Crippen LogP contribution in [0.1, 0.15) is 11.1 Å². The molecule has 1 aliphatic heterocycles. The maximum atomic E-state index is 10.3. The first-order chi connectivity index (χ1) is 13.1. The van der Waals surface area contributed by atoms with E-state index in [0.29, 0.717) is 13.2 Å². The number of aliphatic hydroxyl groups excluding tert-OH is 1. The van der Waals surface area contributed by atoms with Gasteiger partial charge < -0.3 is 19.5 Å². The Bertz CT molecular complexity index is 705. The lowest BCUT2D eigenvalue weighted by Crippen LogP contribution is -2.49. The van der Waals surface area contributed by atoms with Crippen LogP contribution in [0.15, 0.2) is 42.5 Å². The van der Waals surface area contributed by atoms with Crippen molar-refractivity contribution in [2.45, 2.75) is 20.0 Å². The van der Waals surface area contributed by atoms with Crippen LogP contribution in [0.4, 0.5) is 5.69 Å². The number of methoxy groups -OCH3 is 1. The third kappa shape index (κ3) is 5.15. The second kappa shape index (κ2) is 9.11. The second-order valence-electron chi connectivity index (χ2n) is 7.17. The predicted octanol–water partition coefficient (Wildman–Crippen LogP) is 2.87. The zero-order valence-electron chi connectivity index (χ0n) is 16.5. The van der Waals surface area contributed by atoms with Crippen LogP contribution >= 0.6 is 0 Å². The highest BCUT2D eigenvalue weighted by molar-refractivity contribution is 5.59. The molecule has 0 radical (unpaired) electrons. The summed E-state index contributed by atoms with van der Waals surface area (Å²) in [5.41, 5.74) is 4.02. The van der Waals surface area contributed by atoms with Gasteiger partial charge in [0.15, 0.2) is 0 Å². The quantitative estimate of drug-likeness (QED) is 0.812. The van der Waals surface area contributed by atoms with E-state index in [2.05, 4.69) is 41.8 Å². The SMILES string of the molecule is COc1ccc(OC[C@@H](O)CN2CCN(c3c(C)cccc3C)CC2)cc1. The van der Waals surface area contributed by atoms with Crippen molar-refractivity contribution in [2.24, 2.45) is 0 Å². The lowest BCUT2D eigenvalue weighted by atomic mass is 10.1. The number of piperazine rings is 1. The van der Waals surface area contributed by atoms with Gasteiger partial charge in [0.25, 0.3) is 0 Å². The molecule has 146 valence electrons. The van der Waals surface area contributed by atoms with Crippen molar-refractivity contribution in [3.63, 3.8) is 0 Å². The van der Waals surface area contributed by atoms with Crippen LogP contribution in [0.25, 0.3) is 0 Å². The van der Waals surface area contributed by atoms with E-state index in [9.17, 15) is 5.11 Å². The molecular formula is C22H30N2O3. The van der Waals surface area contributed by atoms with Crippen molar-refractivity contribution < 1.29 is 14.6 Å². The van der Waals surface area contributed by atoms with Crippen LogP contribution in [0.3, 0.4) is 0 Å². The van der Waals surface area contributed by atoms with Gasteiger partial charge in [-0.3, -0.25) is 4.90 Å². The van der Waals surface area contributed by atoms with E-state index in [0.717, 1.165) is 37.7 Å². The minimum atomic E-state index is -0.501. The Morgan fingerprint density at radius 2 is 1.52 bits per heavy atom. The number of rotatable bonds is 7. The molecule has 0 amide bonds. The molecule has 0 aromatic heterocycles. The molecular weight excluding hydrogens is 340 g/mol. The molecule has 1 heterocycles. The number of hydrogen-bond donors (Lipinski definition) is 1. The molecule has 0 aliphatic carbocycles. The molecule has 0 saturated carbocycles. The molecule has 2 aromatic carbocycles. The molecule has 1 N–H and O–H groups in total. The molecule has 0 unspecified atom stereocenters. The molecule has 27 heavy (non-hydrogen) atoms. The van der Waals surface area contributed by atoms with Crippen molar-refractivity contribution in [1.29, 1.82) is 0 Å². The Labute approximate surface area is 162 Å². The van der Waals surface area contributed by atoms with E-state index in [1.807, 2.05) is 24.3 Å². The zero-order valence-corrected chi connectivity index (χ0v) is 16.5. The third-order valence-electron chi connectivity index (χ3n) is 5.10. The van der Waals surface area contributed by atoms with Gasteiger partial charge in [0, 0.05) is 38.4 Å². The van der Waals surface area contributed by atoms with Crippen LogP contribution in [0.2, 0.25) is 0 Å². The van der Waals surface area contributed by atoms with Gasteiger partial charge in [-0.05, 0) is 49.2 Å². The zero-order chi connectivity index (χ0) is 19.2. The maximum Gasteiger partial charge on any atom is 0.119 e. The van der Waals surface area contributed by atoms with Gasteiger partial charge in [0.2, 0.25) is 0 Å². The normalized spacial score (nSPS) is 16.2. The molecule has 3 rings (SSSR count). The average Bonchev–Trinajstić information content (AvgIpc) is 2.68. The van der Waals surface area contributed by atoms with Crippen LogP contribution in [0.5, 0.6) is 11.5 Å². The monoisotopic (exact) mass is 370 g/mol. The Hall–Kier alpha value is -2.24. The molecule has 2 aromatic rings. The summed E-state index contributed by atoms with van der Waals surface area (Å²) in [6.07, 6.45) is -0.501. The smallest absolute Gasteiger partial charge is 0.119 e. The third-order valence-corrected chi connectivity index (χ3v) is 5.10. The minimum Gasteiger partial charge on any atom is -0.497 e. The van der Waals surface area contributed by atoms with E-state index >= 15 is 0 Å². The molecule has 1 fully saturated rings. The molecule has 0 spiro atoms. The van der Waals surface area contributed by atoms with Crippen LogP contribution in [-0.4, -0.2) is 62.6 Å². The Morgan fingerprint density at radius 3 is 2.11 bits per heavy atom. The number of hydrogen-bond acceptors (Lipinski definition) is 5. The van der Waals surface area contributed by atoms with Crippen molar-refractivity contribution in [3.8, 4) is 11.5 Å². The fourth-order valence-corrected chi connectivity index (χ4v) is 3.67. The van der Waals surface area contributed by atoms with Gasteiger partial charge in [-0.2, -0.15) is 0 Å². The van der Waals surface area contributed by atoms with Gasteiger partial charge in [-0.15, -0.1) is 0 Å². The topological polar surface area (TPSA) is 45.2 Å². The Balaban J connectivity index is 1.44. The largest absolute Gasteiger partial charge is 0.497 e. The fourth-order valence-electron chi connectivity index (χ4n) is 3.67. The van der Waals surface area contributed by atoms with Gasteiger partial charge in [-0.25, -0.2) is 0 Å². The summed E-state index contributed by atoms with van der Waals surface area (Å²) in [6.45, 7) is 9.15. The van der Waals surface area contributed by atoms with E-state index in [1.165, 1.54) is 16.8 Å². The first-order valence-electron chi connectivity index (χ1n) is 9.55. The Kier molecular flexibility index (Phi) is 6.58. The van der Waals surface area contributed by atoms with Gasteiger partial charge >= 0.3 is 0 Å². The van der Waals surface area contributed by atoms with Crippen molar-refractivity contribution >= 4 is 5.69 Å². The maximum absolute atomic E-state index is 10.3. The van der Waals surface area contributed by atoms with Crippen molar-refractivity contribution in [2.75, 3.05) is 51.3 Å². The summed E-state index contributed by atoms with van der Waals surface area (Å²) in [7, 11) is 1.64. The Morgan fingerprint density at radius 1 is 0.926 bits per heavy atom. The number of benzene rings is 2. The van der Waals surface area contributed by atoms with Crippen LogP contribution < -0.4 is 14.4 Å². The summed E-state index contributed by atoms with van der Waals surface area (Å²) in [5, 5.41) is 10.3. The summed E-state index contributed by atoms with van der Waals surface area (Å²) >= 11 is 0. The van der Waals surface area contributed by atoms with Gasteiger partial charge in [-0.1, -0.05) is 18.2 Å². The summed E-state index contributed by atoms with van der Waals surface area (Å²) in [4.78, 5) is 4.77. The average molecular weight is 370 g/mol. The number of aryl methyl sites for hydroxylation is 2. The number of aliphatic hydroxyl groups is 1. The molecule has 1 saturated heterocycles. The number of nitrogens with zero attached hydrogens (tertiary/aromatic N) is 2. The lowest BCUT2D eigenvalue weighted by molar-refractivity contribution is 0.0663. The highest BCUT2D eigenvalue weighted by Gasteiger charge is 2.21. The van der Waals surface area contributed by atoms with Crippen LogP contribution in [0, 0.1) is 13.8 Å². The van der Waals surface area contributed by atoms with Crippen molar-refractivity contribution in [3.05, 3.63) is 53.6 Å². The van der Waals surface area contributed by atoms with Crippen LogP contribution in [-0.2, 0) is 0 Å². The molecule has 5 heteroatoms. The van der Waals surface area contributed by atoms with Crippen molar-refractivity contribution in [1.82, 2.24) is 4.90 Å². The van der Waals surface area contributed by atoms with E-state index < -0.39 is 6.10 Å². The van der Waals surface area contributed by atoms with E-state index in [-0.39, 0.29) is 0 Å². The van der Waals surface area contributed by atoms with E-state index in [4.69, 9.17) is 9.47 Å². The molecule has 5 nitrogen and oxygen atoms in total. The van der Waals surface area contributed by atoms with Gasteiger partial charge in [0.05, 0.1) is 7.11 Å². The second-order valence-corrected chi connectivity index (χ2v) is 7.17. The summed E-state index contributed by atoms with van der Waals surface area (Å²) < 4.78 is 10.8. The fraction of sp³-hybridized carbons (Fsp3) is 0.455. The summed E-state index contributed by atoms with van der Waals surface area (Å²) in [6, 6.07) is 13.9. The molecule has 1 aliphatic rings. The number of β-amino-alcohol motifs (C(OH)–C–C–N with tert-alkyl or cyclic N) is 1. The number of ether oxygens (including phenoxy) is 2. The predicted molar refractivity (Wildman–Crippen MR) is 109 cm³/mol. The lowest BCUT2D eigenvalue weighted by Gasteiger charge is -2.38. The summed E-state index contributed by atoms with van der Waals surface area (Å²) in [5.74, 6) is 1.54. The highest BCUT2D eigenvalue weighted by Crippen LogP contribution is 2.25. The van der Waals surface area contributed by atoms with Gasteiger partial charge in [0.1, 0.15) is 24.2 Å². The standard InChI is InChI=1S/C22H30N2O3/c1-17-5-4-6-18(2)22(17)24-13-11-23(12-14-24)15-19(25)16-27-21-9-7-20(26-3)8-10-21/h4-10,19,25H,11-16H2,1-3H3/t19-/m0/s1. The minimum absolute atomic E-state index is 0.295. The molecule has 1 atom stereocenters. The number of para-hydroxylation sites is 1.